The maximum absolute atomic E-state index is 2.53. The largest absolute Gasteiger partial charge is 0.313 e. The molecule has 45 heavy (non-hydrogen) atoms. The van der Waals surface area contributed by atoms with Crippen LogP contribution in [0, 0.1) is 0 Å². The third-order valence-electron chi connectivity index (χ3n) is 9.72. The number of hydrogen-bond acceptors (Lipinski definition) is 2. The van der Waals surface area contributed by atoms with Crippen LogP contribution in [0.25, 0.3) is 44.2 Å². The molecule has 6 aromatic carbocycles. The predicted molar refractivity (Wildman–Crippen MR) is 190 cm³/mol. The molecule has 2 aliphatic heterocycles. The number of rotatable bonds is 3. The number of anilines is 2. The molecule has 2 unspecified atom stereocenters. The highest BCUT2D eigenvalue weighted by Crippen LogP contribution is 2.60. The molecule has 10 rings (SSSR count). The lowest BCUT2D eigenvalue weighted by atomic mass is 9.84. The molecule has 2 nitrogen and oxygen atoms in total. The molecular weight excluding hydrogens is 565 g/mol. The monoisotopic (exact) mass is 592 g/mol. The zero-order valence-corrected chi connectivity index (χ0v) is 25.3. The Bertz CT molecular complexity index is 2340. The minimum Gasteiger partial charge on any atom is -0.313 e. The third kappa shape index (κ3) is 3.59. The zero-order valence-electron chi connectivity index (χ0n) is 24.5. The van der Waals surface area contributed by atoms with Gasteiger partial charge in [0.15, 0.2) is 0 Å². The quantitative estimate of drug-likeness (QED) is 0.202. The van der Waals surface area contributed by atoms with Gasteiger partial charge in [-0.3, -0.25) is 0 Å². The summed E-state index contributed by atoms with van der Waals surface area (Å²) in [5.41, 5.74) is 14.2. The van der Waals surface area contributed by atoms with Crippen LogP contribution in [-0.2, 0) is 0 Å². The standard InChI is InChI=1S/C42H28N2S/c1-6-19-35(44-38-22-9-4-18-34(38)41-39(44)25-24-33-32-17-5-10-23-40(32)45-42(33)41)29(14-1)27-12-11-13-28(26-27)43-36-20-7-2-15-30(36)31-16-3-8-21-37(31)43/h1-26,41-42H. The maximum atomic E-state index is 2.53. The van der Waals surface area contributed by atoms with Crippen molar-refractivity contribution in [1.82, 2.24) is 4.57 Å². The van der Waals surface area contributed by atoms with Crippen molar-refractivity contribution in [3.05, 3.63) is 175 Å². The molecule has 2 atom stereocenters. The Morgan fingerprint density at radius 1 is 0.533 bits per heavy atom. The molecule has 0 saturated carbocycles. The molecule has 0 spiro atoms. The van der Waals surface area contributed by atoms with Gasteiger partial charge in [0.05, 0.1) is 16.7 Å². The van der Waals surface area contributed by atoms with Crippen molar-refractivity contribution in [1.29, 1.82) is 0 Å². The van der Waals surface area contributed by atoms with E-state index in [1.54, 1.807) is 0 Å². The number of para-hydroxylation sites is 4. The molecule has 1 aromatic heterocycles. The lowest BCUT2D eigenvalue weighted by Gasteiger charge is -2.30. The second-order valence-electron chi connectivity index (χ2n) is 12.1. The highest BCUT2D eigenvalue weighted by Gasteiger charge is 2.45. The van der Waals surface area contributed by atoms with Crippen molar-refractivity contribution in [3.8, 4) is 16.8 Å². The summed E-state index contributed by atoms with van der Waals surface area (Å²) in [6.07, 6.45) is 4.75. The first-order chi connectivity index (χ1) is 22.3. The van der Waals surface area contributed by atoms with Crippen LogP contribution in [0.2, 0.25) is 0 Å². The number of aromatic nitrogens is 1. The van der Waals surface area contributed by atoms with Gasteiger partial charge in [-0.15, -0.1) is 11.8 Å². The van der Waals surface area contributed by atoms with Gasteiger partial charge in [-0.25, -0.2) is 0 Å². The number of thioether (sulfide) groups is 1. The minimum atomic E-state index is 0.301. The summed E-state index contributed by atoms with van der Waals surface area (Å²) >= 11 is 2.02. The molecule has 3 heterocycles. The van der Waals surface area contributed by atoms with Gasteiger partial charge >= 0.3 is 0 Å². The number of benzene rings is 6. The molecule has 0 saturated heterocycles. The molecule has 3 heteroatoms. The van der Waals surface area contributed by atoms with E-state index >= 15 is 0 Å². The van der Waals surface area contributed by atoms with Crippen LogP contribution >= 0.6 is 11.8 Å². The van der Waals surface area contributed by atoms with E-state index in [2.05, 4.69) is 167 Å². The Balaban J connectivity index is 1.14. The van der Waals surface area contributed by atoms with Crippen LogP contribution in [0.3, 0.4) is 0 Å². The van der Waals surface area contributed by atoms with Crippen LogP contribution in [0.4, 0.5) is 11.4 Å². The van der Waals surface area contributed by atoms with E-state index in [0.717, 1.165) is 0 Å². The van der Waals surface area contributed by atoms with Crippen LogP contribution in [0.15, 0.2) is 168 Å². The maximum Gasteiger partial charge on any atom is 0.0541 e. The normalized spacial score (nSPS) is 17.9. The van der Waals surface area contributed by atoms with Gasteiger partial charge in [0.25, 0.3) is 0 Å². The summed E-state index contributed by atoms with van der Waals surface area (Å²) in [5.74, 6) is 0.301. The molecule has 0 amide bonds. The summed E-state index contributed by atoms with van der Waals surface area (Å²) in [7, 11) is 0. The average Bonchev–Trinajstić information content (AvgIpc) is 3.76. The first kappa shape index (κ1) is 25.1. The first-order valence-electron chi connectivity index (χ1n) is 15.6. The molecule has 7 aromatic rings. The van der Waals surface area contributed by atoms with E-state index in [1.165, 1.54) is 77.3 Å². The minimum absolute atomic E-state index is 0.301. The van der Waals surface area contributed by atoms with E-state index in [4.69, 9.17) is 0 Å². The molecule has 0 radical (unpaired) electrons. The van der Waals surface area contributed by atoms with Crippen LogP contribution in [-0.4, -0.2) is 9.82 Å². The van der Waals surface area contributed by atoms with Gasteiger partial charge in [-0.1, -0.05) is 109 Å². The van der Waals surface area contributed by atoms with Gasteiger partial charge in [-0.2, -0.15) is 0 Å². The lowest BCUT2D eigenvalue weighted by molar-refractivity contribution is 0.853. The Labute approximate surface area is 266 Å². The van der Waals surface area contributed by atoms with Gasteiger partial charge in [0, 0.05) is 49.5 Å². The Morgan fingerprint density at radius 3 is 2.02 bits per heavy atom. The van der Waals surface area contributed by atoms with Gasteiger partial charge in [-0.05, 0) is 70.8 Å². The number of hydrogen-bond donors (Lipinski definition) is 0. The molecule has 0 fully saturated rings. The molecule has 1 aliphatic carbocycles. The van der Waals surface area contributed by atoms with E-state index in [-0.39, 0.29) is 0 Å². The van der Waals surface area contributed by atoms with Gasteiger partial charge in [0.2, 0.25) is 0 Å². The molecule has 0 N–H and O–H groups in total. The summed E-state index contributed by atoms with van der Waals surface area (Å²) in [5, 5.41) is 2.93. The highest BCUT2D eigenvalue weighted by atomic mass is 32.2. The predicted octanol–water partition coefficient (Wildman–Crippen LogP) is 11.1. The SMILES string of the molecule is C1=C2c3ccccc3SC2C2C(=C1)N(c1ccccc1-c1cccc(-n3c4ccccc4c4ccccc43)c1)c1ccccc12. The fourth-order valence-electron chi connectivity index (χ4n) is 7.85. The lowest BCUT2D eigenvalue weighted by Crippen LogP contribution is -2.22. The fraction of sp³-hybridized carbons (Fsp3) is 0.0476. The van der Waals surface area contributed by atoms with E-state index in [1.807, 2.05) is 11.8 Å². The Hall–Kier alpha value is -5.25. The average molecular weight is 593 g/mol. The summed E-state index contributed by atoms with van der Waals surface area (Å²) in [6, 6.07) is 53.3. The van der Waals surface area contributed by atoms with Crippen molar-refractivity contribution in [2.45, 2.75) is 16.1 Å². The zero-order chi connectivity index (χ0) is 29.5. The van der Waals surface area contributed by atoms with E-state index < -0.39 is 0 Å². The van der Waals surface area contributed by atoms with Crippen LogP contribution in [0.1, 0.15) is 17.0 Å². The van der Waals surface area contributed by atoms with Crippen molar-refractivity contribution in [3.63, 3.8) is 0 Å². The smallest absolute Gasteiger partial charge is 0.0541 e. The second-order valence-corrected chi connectivity index (χ2v) is 13.2. The van der Waals surface area contributed by atoms with E-state index in [9.17, 15) is 0 Å². The first-order valence-corrected chi connectivity index (χ1v) is 16.5. The third-order valence-corrected chi connectivity index (χ3v) is 11.1. The van der Waals surface area contributed by atoms with Crippen LogP contribution in [0.5, 0.6) is 0 Å². The fourth-order valence-corrected chi connectivity index (χ4v) is 9.35. The highest BCUT2D eigenvalue weighted by molar-refractivity contribution is 8.01. The summed E-state index contributed by atoms with van der Waals surface area (Å²) < 4.78 is 2.41. The topological polar surface area (TPSA) is 8.17 Å². The molecular formula is C42H28N2S. The summed E-state index contributed by atoms with van der Waals surface area (Å²) in [4.78, 5) is 3.92. The van der Waals surface area contributed by atoms with Crippen molar-refractivity contribution >= 4 is 50.5 Å². The number of fused-ring (bicyclic) bond motifs is 10. The molecule has 3 aliphatic rings. The van der Waals surface area contributed by atoms with Crippen molar-refractivity contribution in [2.75, 3.05) is 4.90 Å². The van der Waals surface area contributed by atoms with Crippen LogP contribution < -0.4 is 4.90 Å². The Morgan fingerprint density at radius 2 is 1.20 bits per heavy atom. The second kappa shape index (κ2) is 9.62. The molecule has 0 bridgehead atoms. The van der Waals surface area contributed by atoms with Crippen molar-refractivity contribution < 1.29 is 0 Å². The van der Waals surface area contributed by atoms with E-state index in [0.29, 0.717) is 11.2 Å². The number of nitrogens with zero attached hydrogens (tertiary/aromatic N) is 2. The number of allylic oxidation sites excluding steroid dienone is 3. The van der Waals surface area contributed by atoms with Gasteiger partial charge < -0.3 is 9.47 Å². The Kier molecular flexibility index (Phi) is 5.37. The molecule has 212 valence electrons. The summed E-state index contributed by atoms with van der Waals surface area (Å²) in [6.45, 7) is 0. The van der Waals surface area contributed by atoms with Gasteiger partial charge in [0.1, 0.15) is 0 Å². The van der Waals surface area contributed by atoms with Crippen molar-refractivity contribution in [2.24, 2.45) is 0 Å².